The highest BCUT2D eigenvalue weighted by Gasteiger charge is 2.34. The number of nitrogens with one attached hydrogen (secondary N) is 1. The third kappa shape index (κ3) is 3.76. The standard InChI is InChI=1S/C17H18N2O3S/c20-17(15-8-11-23(21,22)12-15)19-16(13-4-2-1-3-5-13)14-6-9-18-10-7-14/h1-7,9-10,15-16H,8,11-12H2,(H,19,20)/t15-,16-/m1/s1. The Morgan fingerprint density at radius 3 is 2.35 bits per heavy atom. The molecule has 0 aliphatic carbocycles. The van der Waals surface area contributed by atoms with Crippen LogP contribution in [-0.4, -0.2) is 30.8 Å². The Bertz CT molecular complexity index is 737. The van der Waals surface area contributed by atoms with Crippen molar-refractivity contribution in [2.75, 3.05) is 11.5 Å². The SMILES string of the molecule is O=C(N[C@H](c1ccccc1)c1ccncc1)[C@@H]1CCS(=O)(=O)C1. The van der Waals surface area contributed by atoms with E-state index >= 15 is 0 Å². The zero-order valence-corrected chi connectivity index (χ0v) is 13.4. The van der Waals surface area contributed by atoms with E-state index in [0.29, 0.717) is 6.42 Å². The number of sulfone groups is 1. The fourth-order valence-electron chi connectivity index (χ4n) is 2.82. The summed E-state index contributed by atoms with van der Waals surface area (Å²) in [4.78, 5) is 16.5. The van der Waals surface area contributed by atoms with Crippen molar-refractivity contribution < 1.29 is 13.2 Å². The average molecular weight is 330 g/mol. The number of benzene rings is 1. The van der Waals surface area contributed by atoms with E-state index in [1.165, 1.54) is 0 Å². The molecule has 1 aliphatic rings. The predicted molar refractivity (Wildman–Crippen MR) is 87.4 cm³/mol. The van der Waals surface area contributed by atoms with Crippen LogP contribution in [0, 0.1) is 5.92 Å². The first-order valence-electron chi connectivity index (χ1n) is 7.51. The largest absolute Gasteiger partial charge is 0.345 e. The number of nitrogens with zero attached hydrogens (tertiary/aromatic N) is 1. The van der Waals surface area contributed by atoms with Crippen molar-refractivity contribution in [1.82, 2.24) is 10.3 Å². The summed E-state index contributed by atoms with van der Waals surface area (Å²) in [5, 5.41) is 3.00. The molecule has 1 aromatic heterocycles. The minimum Gasteiger partial charge on any atom is -0.345 e. The molecular weight excluding hydrogens is 312 g/mol. The van der Waals surface area contributed by atoms with Gasteiger partial charge in [0.15, 0.2) is 9.84 Å². The Morgan fingerprint density at radius 1 is 1.09 bits per heavy atom. The van der Waals surface area contributed by atoms with Crippen LogP contribution >= 0.6 is 0 Å². The Balaban J connectivity index is 1.84. The highest BCUT2D eigenvalue weighted by Crippen LogP contribution is 2.24. The Labute approximate surface area is 135 Å². The minimum atomic E-state index is -3.08. The van der Waals surface area contributed by atoms with Gasteiger partial charge < -0.3 is 5.32 Å². The van der Waals surface area contributed by atoms with Crippen molar-refractivity contribution >= 4 is 15.7 Å². The van der Waals surface area contributed by atoms with Crippen molar-refractivity contribution in [3.8, 4) is 0 Å². The molecule has 23 heavy (non-hydrogen) atoms. The van der Waals surface area contributed by atoms with E-state index in [9.17, 15) is 13.2 Å². The van der Waals surface area contributed by atoms with Crippen LogP contribution < -0.4 is 5.32 Å². The van der Waals surface area contributed by atoms with Gasteiger partial charge in [0.05, 0.1) is 23.5 Å². The molecule has 6 heteroatoms. The van der Waals surface area contributed by atoms with Gasteiger partial charge in [-0.2, -0.15) is 0 Å². The third-order valence-electron chi connectivity index (χ3n) is 4.06. The van der Waals surface area contributed by atoms with Crippen molar-refractivity contribution in [2.24, 2.45) is 5.92 Å². The van der Waals surface area contributed by atoms with Gasteiger partial charge in [-0.05, 0) is 29.7 Å². The molecule has 120 valence electrons. The quantitative estimate of drug-likeness (QED) is 0.926. The van der Waals surface area contributed by atoms with E-state index in [2.05, 4.69) is 10.3 Å². The molecule has 3 rings (SSSR count). The fourth-order valence-corrected chi connectivity index (χ4v) is 4.56. The summed E-state index contributed by atoms with van der Waals surface area (Å²) in [6.07, 6.45) is 3.75. The lowest BCUT2D eigenvalue weighted by Gasteiger charge is -2.21. The molecule has 5 nitrogen and oxygen atoms in total. The summed E-state index contributed by atoms with van der Waals surface area (Å²) in [6.45, 7) is 0. The highest BCUT2D eigenvalue weighted by molar-refractivity contribution is 7.91. The number of carbonyl (C=O) groups is 1. The van der Waals surface area contributed by atoms with Crippen molar-refractivity contribution in [2.45, 2.75) is 12.5 Å². The van der Waals surface area contributed by atoms with E-state index in [1.807, 2.05) is 42.5 Å². The molecule has 1 N–H and O–H groups in total. The first-order valence-corrected chi connectivity index (χ1v) is 9.33. The van der Waals surface area contributed by atoms with Crippen LogP contribution in [0.15, 0.2) is 54.9 Å². The second-order valence-electron chi connectivity index (χ2n) is 5.73. The van der Waals surface area contributed by atoms with E-state index in [1.54, 1.807) is 12.4 Å². The van der Waals surface area contributed by atoms with Crippen molar-refractivity contribution in [3.63, 3.8) is 0 Å². The van der Waals surface area contributed by atoms with Gasteiger partial charge in [0, 0.05) is 12.4 Å². The Hall–Kier alpha value is -2.21. The molecule has 1 saturated heterocycles. The second-order valence-corrected chi connectivity index (χ2v) is 7.96. The van der Waals surface area contributed by atoms with Crippen LogP contribution in [-0.2, 0) is 14.6 Å². The highest BCUT2D eigenvalue weighted by atomic mass is 32.2. The van der Waals surface area contributed by atoms with Gasteiger partial charge in [-0.3, -0.25) is 9.78 Å². The zero-order chi connectivity index (χ0) is 16.3. The van der Waals surface area contributed by atoms with Gasteiger partial charge in [-0.1, -0.05) is 30.3 Å². The van der Waals surface area contributed by atoms with Gasteiger partial charge in [0.1, 0.15) is 0 Å². The minimum absolute atomic E-state index is 0.0588. The topological polar surface area (TPSA) is 76.1 Å². The van der Waals surface area contributed by atoms with Crippen LogP contribution in [0.5, 0.6) is 0 Å². The fraction of sp³-hybridized carbons (Fsp3) is 0.294. The predicted octanol–water partition coefficient (Wildman–Crippen LogP) is 1.72. The molecule has 1 aliphatic heterocycles. The summed E-state index contributed by atoms with van der Waals surface area (Å²) in [6, 6.07) is 13.0. The van der Waals surface area contributed by atoms with E-state index in [-0.39, 0.29) is 23.5 Å². The molecule has 0 unspecified atom stereocenters. The smallest absolute Gasteiger partial charge is 0.224 e. The van der Waals surface area contributed by atoms with Gasteiger partial charge in [-0.15, -0.1) is 0 Å². The molecular formula is C17H18N2O3S. The maximum absolute atomic E-state index is 12.5. The van der Waals surface area contributed by atoms with Crippen LogP contribution in [0.2, 0.25) is 0 Å². The number of carbonyl (C=O) groups excluding carboxylic acids is 1. The number of hydrogen-bond acceptors (Lipinski definition) is 4. The maximum Gasteiger partial charge on any atom is 0.224 e. The summed E-state index contributed by atoms with van der Waals surface area (Å²) < 4.78 is 23.2. The number of amides is 1. The van der Waals surface area contributed by atoms with Crippen LogP contribution in [0.4, 0.5) is 0 Å². The van der Waals surface area contributed by atoms with Crippen LogP contribution in [0.1, 0.15) is 23.6 Å². The number of aromatic nitrogens is 1. The maximum atomic E-state index is 12.5. The summed E-state index contributed by atoms with van der Waals surface area (Å²) >= 11 is 0. The molecule has 1 fully saturated rings. The molecule has 1 aromatic carbocycles. The second kappa shape index (κ2) is 6.50. The number of rotatable bonds is 4. The Kier molecular flexibility index (Phi) is 4.43. The normalized spacial score (nSPS) is 20.8. The lowest BCUT2D eigenvalue weighted by atomic mass is 9.98. The number of hydrogen-bond donors (Lipinski definition) is 1. The number of pyridine rings is 1. The molecule has 2 aromatic rings. The lowest BCUT2D eigenvalue weighted by molar-refractivity contribution is -0.124. The molecule has 2 heterocycles. The van der Waals surface area contributed by atoms with E-state index in [0.717, 1.165) is 11.1 Å². The van der Waals surface area contributed by atoms with E-state index < -0.39 is 15.8 Å². The molecule has 1 amide bonds. The molecule has 2 atom stereocenters. The van der Waals surface area contributed by atoms with Gasteiger partial charge in [0.25, 0.3) is 0 Å². The van der Waals surface area contributed by atoms with Crippen molar-refractivity contribution in [1.29, 1.82) is 0 Å². The molecule has 0 bridgehead atoms. The summed E-state index contributed by atoms with van der Waals surface area (Å²) in [5.41, 5.74) is 1.87. The summed E-state index contributed by atoms with van der Waals surface area (Å²) in [5.74, 6) is -0.641. The first kappa shape index (κ1) is 15.7. The van der Waals surface area contributed by atoms with Gasteiger partial charge in [-0.25, -0.2) is 8.42 Å². The van der Waals surface area contributed by atoms with E-state index in [4.69, 9.17) is 0 Å². The monoisotopic (exact) mass is 330 g/mol. The molecule has 0 spiro atoms. The Morgan fingerprint density at radius 2 is 1.74 bits per heavy atom. The van der Waals surface area contributed by atoms with Crippen LogP contribution in [0.25, 0.3) is 0 Å². The van der Waals surface area contributed by atoms with Gasteiger partial charge >= 0.3 is 0 Å². The zero-order valence-electron chi connectivity index (χ0n) is 12.6. The first-order chi connectivity index (χ1) is 11.1. The molecule has 0 saturated carbocycles. The lowest BCUT2D eigenvalue weighted by Crippen LogP contribution is -2.35. The average Bonchev–Trinajstić information content (AvgIpc) is 2.94. The van der Waals surface area contributed by atoms with Crippen LogP contribution in [0.3, 0.4) is 0 Å². The van der Waals surface area contributed by atoms with Gasteiger partial charge in [0.2, 0.25) is 5.91 Å². The third-order valence-corrected chi connectivity index (χ3v) is 5.83. The van der Waals surface area contributed by atoms with Crippen molar-refractivity contribution in [3.05, 3.63) is 66.0 Å². The molecule has 0 radical (unpaired) electrons. The summed E-state index contributed by atoms with van der Waals surface area (Å²) in [7, 11) is -3.08.